The van der Waals surface area contributed by atoms with Crippen LogP contribution >= 0.6 is 11.3 Å². The number of fused-ring (bicyclic) bond motifs is 1. The average Bonchev–Trinajstić information content (AvgIpc) is 2.65. The maximum absolute atomic E-state index is 2.39. The van der Waals surface area contributed by atoms with Gasteiger partial charge in [0.25, 0.3) is 0 Å². The topological polar surface area (TPSA) is 3.24 Å². The molecule has 15 heavy (non-hydrogen) atoms. The van der Waals surface area contributed by atoms with Crippen LogP contribution in [-0.4, -0.2) is 18.5 Å². The lowest BCUT2D eigenvalue weighted by Crippen LogP contribution is -2.25. The summed E-state index contributed by atoms with van der Waals surface area (Å²) >= 11 is 1.91. The molecule has 0 N–H and O–H groups in total. The molecule has 0 atom stereocenters. The Morgan fingerprint density at radius 1 is 1.20 bits per heavy atom. The van der Waals surface area contributed by atoms with Crippen LogP contribution in [0.15, 0.2) is 5.38 Å². The molecule has 2 heteroatoms. The van der Waals surface area contributed by atoms with Crippen molar-refractivity contribution in [2.24, 2.45) is 0 Å². The van der Waals surface area contributed by atoms with E-state index in [1.54, 1.807) is 10.4 Å². The third-order valence-corrected chi connectivity index (χ3v) is 3.48. The lowest BCUT2D eigenvalue weighted by molar-refractivity contribution is 0.317. The molecule has 88 valence electrons. The standard InChI is InChI=1S/C9H13NS.2C2H6/c1-7-6-11-9-5-10(2)4-3-8(7)9;2*1-2/h6H,3-5H2,1-2H3;2*1-2H3. The Balaban J connectivity index is 0.000000442. The number of rotatable bonds is 0. The van der Waals surface area contributed by atoms with Gasteiger partial charge in [-0.3, -0.25) is 0 Å². The fraction of sp³-hybridized carbons (Fsp3) is 0.692. The van der Waals surface area contributed by atoms with E-state index in [9.17, 15) is 0 Å². The maximum atomic E-state index is 2.39. The molecule has 1 aromatic rings. The van der Waals surface area contributed by atoms with Gasteiger partial charge < -0.3 is 4.90 Å². The minimum atomic E-state index is 1.16. The first-order valence-electron chi connectivity index (χ1n) is 6.02. The molecular formula is C13H25NS. The molecule has 1 nitrogen and oxygen atoms in total. The minimum absolute atomic E-state index is 1.16. The second kappa shape index (κ2) is 7.89. The van der Waals surface area contributed by atoms with Crippen LogP contribution in [0.25, 0.3) is 0 Å². The Hall–Kier alpha value is -0.340. The Bertz CT molecular complexity index is 265. The monoisotopic (exact) mass is 227 g/mol. The van der Waals surface area contributed by atoms with E-state index in [-0.39, 0.29) is 0 Å². The molecule has 0 aliphatic carbocycles. The van der Waals surface area contributed by atoms with Gasteiger partial charge in [-0.1, -0.05) is 27.7 Å². The second-order valence-corrected chi connectivity index (χ2v) is 4.27. The van der Waals surface area contributed by atoms with Crippen LogP contribution in [0.2, 0.25) is 0 Å². The molecule has 1 aromatic heterocycles. The van der Waals surface area contributed by atoms with Gasteiger partial charge in [0, 0.05) is 18.0 Å². The number of hydrogen-bond acceptors (Lipinski definition) is 2. The van der Waals surface area contributed by atoms with Crippen molar-refractivity contribution in [2.75, 3.05) is 13.6 Å². The molecule has 0 saturated heterocycles. The van der Waals surface area contributed by atoms with E-state index in [0.29, 0.717) is 0 Å². The molecular weight excluding hydrogens is 202 g/mol. The third kappa shape index (κ3) is 3.96. The van der Waals surface area contributed by atoms with Gasteiger partial charge in [0.1, 0.15) is 0 Å². The van der Waals surface area contributed by atoms with Crippen molar-refractivity contribution in [3.63, 3.8) is 0 Å². The van der Waals surface area contributed by atoms with E-state index in [2.05, 4.69) is 24.3 Å². The Kier molecular flexibility index (Phi) is 7.71. The number of likely N-dealkylation sites (N-methyl/N-ethyl adjacent to an activating group) is 1. The van der Waals surface area contributed by atoms with Gasteiger partial charge >= 0.3 is 0 Å². The molecule has 0 saturated carbocycles. The number of hydrogen-bond donors (Lipinski definition) is 0. The summed E-state index contributed by atoms with van der Waals surface area (Å²) in [5.74, 6) is 0. The zero-order valence-electron chi connectivity index (χ0n) is 11.1. The average molecular weight is 227 g/mol. The predicted molar refractivity (Wildman–Crippen MR) is 71.8 cm³/mol. The quantitative estimate of drug-likeness (QED) is 0.645. The normalized spacial score (nSPS) is 14.3. The fourth-order valence-electron chi connectivity index (χ4n) is 1.62. The van der Waals surface area contributed by atoms with Crippen LogP contribution in [0.4, 0.5) is 0 Å². The largest absolute Gasteiger partial charge is 0.301 e. The van der Waals surface area contributed by atoms with Crippen LogP contribution in [-0.2, 0) is 13.0 Å². The van der Waals surface area contributed by atoms with E-state index in [4.69, 9.17) is 0 Å². The van der Waals surface area contributed by atoms with E-state index >= 15 is 0 Å². The Morgan fingerprint density at radius 3 is 2.40 bits per heavy atom. The third-order valence-electron chi connectivity index (χ3n) is 2.35. The molecule has 0 unspecified atom stereocenters. The number of nitrogens with zero attached hydrogens (tertiary/aromatic N) is 1. The smallest absolute Gasteiger partial charge is 0.0327 e. The van der Waals surface area contributed by atoms with Crippen LogP contribution in [0.5, 0.6) is 0 Å². The molecule has 2 heterocycles. The van der Waals surface area contributed by atoms with E-state index < -0.39 is 0 Å². The first-order valence-corrected chi connectivity index (χ1v) is 6.89. The molecule has 0 fully saturated rings. The highest BCUT2D eigenvalue weighted by Crippen LogP contribution is 2.26. The molecule has 1 aliphatic rings. The lowest BCUT2D eigenvalue weighted by atomic mass is 10.1. The molecule has 0 spiro atoms. The van der Waals surface area contributed by atoms with Crippen LogP contribution in [0.1, 0.15) is 43.7 Å². The maximum Gasteiger partial charge on any atom is 0.0327 e. The van der Waals surface area contributed by atoms with Crippen molar-refractivity contribution in [2.45, 2.75) is 47.6 Å². The van der Waals surface area contributed by atoms with Crippen molar-refractivity contribution >= 4 is 11.3 Å². The summed E-state index contributed by atoms with van der Waals surface area (Å²) in [5, 5.41) is 2.28. The van der Waals surface area contributed by atoms with Gasteiger partial charge in [-0.2, -0.15) is 0 Å². The Morgan fingerprint density at radius 2 is 1.80 bits per heavy atom. The van der Waals surface area contributed by atoms with Gasteiger partial charge in [0.05, 0.1) is 0 Å². The predicted octanol–water partition coefficient (Wildman–Crippen LogP) is 4.10. The first kappa shape index (κ1) is 14.7. The van der Waals surface area contributed by atoms with Crippen LogP contribution in [0.3, 0.4) is 0 Å². The zero-order chi connectivity index (χ0) is 11.8. The van der Waals surface area contributed by atoms with Gasteiger partial charge in [0.2, 0.25) is 0 Å². The minimum Gasteiger partial charge on any atom is -0.301 e. The summed E-state index contributed by atoms with van der Waals surface area (Å²) in [5.41, 5.74) is 3.12. The highest BCUT2D eigenvalue weighted by Gasteiger charge is 2.15. The summed E-state index contributed by atoms with van der Waals surface area (Å²) in [6.07, 6.45) is 1.25. The summed E-state index contributed by atoms with van der Waals surface area (Å²) in [4.78, 5) is 3.97. The molecule has 0 aromatic carbocycles. The first-order chi connectivity index (χ1) is 7.27. The summed E-state index contributed by atoms with van der Waals surface area (Å²) in [7, 11) is 2.19. The van der Waals surface area contributed by atoms with Crippen molar-refractivity contribution in [1.82, 2.24) is 4.90 Å². The number of thiophene rings is 1. The Labute approximate surface area is 99.1 Å². The van der Waals surface area contributed by atoms with Crippen molar-refractivity contribution in [1.29, 1.82) is 0 Å². The van der Waals surface area contributed by atoms with Gasteiger partial charge in [0.15, 0.2) is 0 Å². The number of aryl methyl sites for hydroxylation is 1. The molecule has 0 amide bonds. The van der Waals surface area contributed by atoms with Crippen molar-refractivity contribution < 1.29 is 0 Å². The van der Waals surface area contributed by atoms with Gasteiger partial charge in [-0.05, 0) is 36.9 Å². The highest BCUT2D eigenvalue weighted by atomic mass is 32.1. The summed E-state index contributed by atoms with van der Waals surface area (Å²) < 4.78 is 0. The van der Waals surface area contributed by atoms with E-state index in [1.165, 1.54) is 18.5 Å². The molecule has 0 bridgehead atoms. The van der Waals surface area contributed by atoms with Gasteiger partial charge in [-0.15, -0.1) is 11.3 Å². The van der Waals surface area contributed by atoms with E-state index in [0.717, 1.165) is 6.54 Å². The highest BCUT2D eigenvalue weighted by molar-refractivity contribution is 7.10. The SMILES string of the molecule is CC.CC.Cc1csc2c1CCN(C)C2. The fourth-order valence-corrected chi connectivity index (χ4v) is 2.78. The molecule has 1 aliphatic heterocycles. The lowest BCUT2D eigenvalue weighted by Gasteiger charge is -2.22. The van der Waals surface area contributed by atoms with Gasteiger partial charge in [-0.25, -0.2) is 0 Å². The molecule has 2 rings (SSSR count). The van der Waals surface area contributed by atoms with Crippen LogP contribution in [0, 0.1) is 6.92 Å². The second-order valence-electron chi connectivity index (χ2n) is 3.31. The molecule has 0 radical (unpaired) electrons. The van der Waals surface area contributed by atoms with E-state index in [1.807, 2.05) is 39.0 Å². The zero-order valence-corrected chi connectivity index (χ0v) is 11.9. The van der Waals surface area contributed by atoms with Crippen molar-refractivity contribution in [3.05, 3.63) is 21.4 Å². The summed E-state index contributed by atoms with van der Waals surface area (Å²) in [6, 6.07) is 0. The van der Waals surface area contributed by atoms with Crippen LogP contribution < -0.4 is 0 Å². The summed E-state index contributed by atoms with van der Waals surface area (Å²) in [6.45, 7) is 12.6. The van der Waals surface area contributed by atoms with Crippen molar-refractivity contribution in [3.8, 4) is 0 Å².